The number of carbonyl (C=O) groups excluding carboxylic acids is 1. The highest BCUT2D eigenvalue weighted by molar-refractivity contribution is 6.03. The fraction of sp³-hybridized carbons (Fsp3) is 0.263. The SMILES string of the molecule is NC(=O)c1c(F)cc(F)c(C=Nc2ccc(C3(O)CCCNC3)cc2)c1N. The van der Waals surface area contributed by atoms with Gasteiger partial charge in [-0.05, 0) is 37.1 Å². The van der Waals surface area contributed by atoms with E-state index < -0.39 is 34.4 Å². The standard InChI is InChI=1S/C19H20F2N4O2/c20-14-8-15(21)16(18(23)26)17(22)13(14)9-25-12-4-2-11(3-5-12)19(27)6-1-7-24-10-19/h2-5,8-9,24,27H,1,6-7,10,22H2,(H2,23,26). The first-order chi connectivity index (χ1) is 12.8. The molecule has 1 heterocycles. The normalized spacial score (nSPS) is 20.1. The molecule has 1 atom stereocenters. The van der Waals surface area contributed by atoms with E-state index in [4.69, 9.17) is 11.5 Å². The van der Waals surface area contributed by atoms with Crippen LogP contribution in [0.1, 0.15) is 34.3 Å². The van der Waals surface area contributed by atoms with E-state index in [2.05, 4.69) is 10.3 Å². The molecule has 1 amide bonds. The Labute approximate surface area is 154 Å². The zero-order chi connectivity index (χ0) is 19.6. The van der Waals surface area contributed by atoms with Crippen LogP contribution in [0.5, 0.6) is 0 Å². The third-order valence-corrected chi connectivity index (χ3v) is 4.66. The molecule has 0 radical (unpaired) electrons. The number of nitrogen functional groups attached to an aromatic ring is 1. The Kier molecular flexibility index (Phi) is 5.20. The summed E-state index contributed by atoms with van der Waals surface area (Å²) in [6.45, 7) is 1.35. The largest absolute Gasteiger partial charge is 0.397 e. The number of β-amino-alcohol motifs (C(OH)–C–C–N with tert-alkyl or cyclic N) is 1. The van der Waals surface area contributed by atoms with Gasteiger partial charge in [-0.15, -0.1) is 0 Å². The Bertz CT molecular complexity index is 892. The molecule has 0 aliphatic carbocycles. The van der Waals surface area contributed by atoms with Crippen LogP contribution in [0.25, 0.3) is 0 Å². The van der Waals surface area contributed by atoms with Crippen molar-refractivity contribution in [3.05, 3.63) is 58.7 Å². The number of primary amides is 1. The monoisotopic (exact) mass is 374 g/mol. The van der Waals surface area contributed by atoms with E-state index in [-0.39, 0.29) is 5.56 Å². The molecule has 3 rings (SSSR count). The highest BCUT2D eigenvalue weighted by Crippen LogP contribution is 2.30. The molecule has 8 heteroatoms. The molecule has 0 bridgehead atoms. The van der Waals surface area contributed by atoms with Crippen molar-refractivity contribution < 1.29 is 18.7 Å². The fourth-order valence-electron chi connectivity index (χ4n) is 3.17. The van der Waals surface area contributed by atoms with Crippen molar-refractivity contribution in [2.24, 2.45) is 10.7 Å². The van der Waals surface area contributed by atoms with Gasteiger partial charge in [0.05, 0.1) is 22.5 Å². The number of nitrogens with two attached hydrogens (primary N) is 2. The average molecular weight is 374 g/mol. The summed E-state index contributed by atoms with van der Waals surface area (Å²) in [4.78, 5) is 15.4. The molecule has 27 heavy (non-hydrogen) atoms. The topological polar surface area (TPSA) is 114 Å². The second-order valence-electron chi connectivity index (χ2n) is 6.52. The molecule has 1 fully saturated rings. The lowest BCUT2D eigenvalue weighted by molar-refractivity contribution is 0.0123. The maximum absolute atomic E-state index is 14.0. The van der Waals surface area contributed by atoms with Gasteiger partial charge in [0.2, 0.25) is 0 Å². The minimum Gasteiger partial charge on any atom is -0.397 e. The van der Waals surface area contributed by atoms with E-state index in [0.29, 0.717) is 24.7 Å². The minimum absolute atomic E-state index is 0.218. The third kappa shape index (κ3) is 3.81. The molecule has 142 valence electrons. The van der Waals surface area contributed by atoms with Gasteiger partial charge >= 0.3 is 0 Å². The van der Waals surface area contributed by atoms with Gasteiger partial charge in [-0.2, -0.15) is 0 Å². The van der Waals surface area contributed by atoms with Crippen molar-refractivity contribution in [3.63, 3.8) is 0 Å². The van der Waals surface area contributed by atoms with Gasteiger partial charge in [-0.25, -0.2) is 8.78 Å². The molecule has 6 nitrogen and oxygen atoms in total. The van der Waals surface area contributed by atoms with Crippen LogP contribution in [0, 0.1) is 11.6 Å². The van der Waals surface area contributed by atoms with Crippen molar-refractivity contribution >= 4 is 23.5 Å². The van der Waals surface area contributed by atoms with E-state index in [1.54, 1.807) is 24.3 Å². The molecule has 1 aliphatic heterocycles. The maximum Gasteiger partial charge on any atom is 0.253 e. The molecule has 0 spiro atoms. The van der Waals surface area contributed by atoms with E-state index in [1.807, 2.05) is 0 Å². The van der Waals surface area contributed by atoms with E-state index in [0.717, 1.165) is 24.7 Å². The Hall–Kier alpha value is -2.84. The van der Waals surface area contributed by atoms with Gasteiger partial charge in [0.15, 0.2) is 0 Å². The number of rotatable bonds is 4. The maximum atomic E-state index is 14.0. The number of halogens is 2. The summed E-state index contributed by atoms with van der Waals surface area (Å²) in [6, 6.07) is 7.39. The van der Waals surface area contributed by atoms with Crippen molar-refractivity contribution in [3.8, 4) is 0 Å². The zero-order valence-electron chi connectivity index (χ0n) is 14.5. The predicted octanol–water partition coefficient (Wildman–Crippen LogP) is 1.97. The lowest BCUT2D eigenvalue weighted by Gasteiger charge is -2.33. The number of nitrogens with one attached hydrogen (secondary N) is 1. The average Bonchev–Trinajstić information content (AvgIpc) is 2.62. The molecule has 2 aromatic rings. The second kappa shape index (κ2) is 7.42. The lowest BCUT2D eigenvalue weighted by atomic mass is 9.87. The van der Waals surface area contributed by atoms with E-state index in [9.17, 15) is 18.7 Å². The van der Waals surface area contributed by atoms with Gasteiger partial charge in [0.1, 0.15) is 17.2 Å². The van der Waals surface area contributed by atoms with Gasteiger partial charge in [0.25, 0.3) is 5.91 Å². The minimum atomic E-state index is -1.12. The van der Waals surface area contributed by atoms with Crippen molar-refractivity contribution in [2.75, 3.05) is 18.8 Å². The Balaban J connectivity index is 1.87. The summed E-state index contributed by atoms with van der Waals surface area (Å²) < 4.78 is 27.7. The lowest BCUT2D eigenvalue weighted by Crippen LogP contribution is -2.43. The van der Waals surface area contributed by atoms with Gasteiger partial charge in [-0.3, -0.25) is 9.79 Å². The van der Waals surface area contributed by atoms with Crippen LogP contribution in [0.3, 0.4) is 0 Å². The van der Waals surface area contributed by atoms with Crippen LogP contribution >= 0.6 is 0 Å². The van der Waals surface area contributed by atoms with E-state index in [1.165, 1.54) is 0 Å². The highest BCUT2D eigenvalue weighted by Gasteiger charge is 2.30. The second-order valence-corrected chi connectivity index (χ2v) is 6.52. The predicted molar refractivity (Wildman–Crippen MR) is 99.0 cm³/mol. The highest BCUT2D eigenvalue weighted by atomic mass is 19.1. The number of anilines is 1. The molecule has 1 aliphatic rings. The van der Waals surface area contributed by atoms with Crippen LogP contribution in [0.15, 0.2) is 35.3 Å². The van der Waals surface area contributed by atoms with Crippen molar-refractivity contribution in [1.82, 2.24) is 5.32 Å². The van der Waals surface area contributed by atoms with E-state index >= 15 is 0 Å². The number of nitrogens with zero attached hydrogens (tertiary/aromatic N) is 1. The van der Waals surface area contributed by atoms with Crippen LogP contribution in [0.4, 0.5) is 20.2 Å². The fourth-order valence-corrected chi connectivity index (χ4v) is 3.17. The van der Waals surface area contributed by atoms with Crippen LogP contribution in [0.2, 0.25) is 0 Å². The summed E-state index contributed by atoms with van der Waals surface area (Å²) in [5, 5.41) is 13.8. The number of hydrogen-bond donors (Lipinski definition) is 4. The first-order valence-electron chi connectivity index (χ1n) is 8.47. The Morgan fingerprint density at radius 2 is 1.96 bits per heavy atom. The summed E-state index contributed by atoms with van der Waals surface area (Å²) >= 11 is 0. The molecule has 1 saturated heterocycles. The molecule has 0 aromatic heterocycles. The number of carbonyl (C=O) groups is 1. The summed E-state index contributed by atoms with van der Waals surface area (Å²) in [5.41, 5.74) is 9.89. The molecule has 6 N–H and O–H groups in total. The quantitative estimate of drug-likeness (QED) is 0.484. The molecule has 0 saturated carbocycles. The number of hydrogen-bond acceptors (Lipinski definition) is 5. The van der Waals surface area contributed by atoms with Crippen molar-refractivity contribution in [1.29, 1.82) is 0 Å². The van der Waals surface area contributed by atoms with Crippen LogP contribution < -0.4 is 16.8 Å². The number of benzene rings is 2. The first-order valence-corrected chi connectivity index (χ1v) is 8.47. The van der Waals surface area contributed by atoms with Gasteiger partial charge in [-0.1, -0.05) is 12.1 Å². The molecule has 1 unspecified atom stereocenters. The third-order valence-electron chi connectivity index (χ3n) is 4.66. The summed E-state index contributed by atoms with van der Waals surface area (Å²) in [7, 11) is 0. The van der Waals surface area contributed by atoms with Crippen LogP contribution in [-0.4, -0.2) is 30.3 Å². The summed E-state index contributed by atoms with van der Waals surface area (Å²) in [6.07, 6.45) is 2.65. The number of amides is 1. The number of aliphatic imine (C=N–C) groups is 1. The van der Waals surface area contributed by atoms with Gasteiger partial charge in [0, 0.05) is 18.8 Å². The zero-order valence-corrected chi connectivity index (χ0v) is 14.5. The van der Waals surface area contributed by atoms with Crippen LogP contribution in [-0.2, 0) is 5.60 Å². The first kappa shape index (κ1) is 18.9. The molecular formula is C19H20F2N4O2. The smallest absolute Gasteiger partial charge is 0.253 e. The van der Waals surface area contributed by atoms with Gasteiger partial charge < -0.3 is 21.9 Å². The molecule has 2 aromatic carbocycles. The molecular weight excluding hydrogens is 354 g/mol. The Morgan fingerprint density at radius 3 is 2.56 bits per heavy atom. The summed E-state index contributed by atoms with van der Waals surface area (Å²) in [5.74, 6) is -3.15. The van der Waals surface area contributed by atoms with Crippen molar-refractivity contribution in [2.45, 2.75) is 18.4 Å². The number of aliphatic hydroxyl groups is 1. The Morgan fingerprint density at radius 1 is 1.26 bits per heavy atom. The number of piperidine rings is 1.